The first-order valence-corrected chi connectivity index (χ1v) is 10.3. The van der Waals surface area contributed by atoms with Crippen LogP contribution in [-0.2, 0) is 25.3 Å². The van der Waals surface area contributed by atoms with Crippen molar-refractivity contribution in [1.29, 1.82) is 0 Å². The van der Waals surface area contributed by atoms with E-state index in [-0.39, 0.29) is 61.3 Å². The number of aliphatic hydroxyl groups is 1. The van der Waals surface area contributed by atoms with Crippen LogP contribution in [0.4, 0.5) is 24.5 Å². The van der Waals surface area contributed by atoms with Crippen LogP contribution in [0, 0.1) is 0 Å². The van der Waals surface area contributed by atoms with E-state index in [0.29, 0.717) is 13.1 Å². The predicted octanol–water partition coefficient (Wildman–Crippen LogP) is 1.05. The van der Waals surface area contributed by atoms with E-state index in [1.54, 1.807) is 9.80 Å². The second-order valence-corrected chi connectivity index (χ2v) is 7.64. The number of methoxy groups -OCH3 is 1. The van der Waals surface area contributed by atoms with E-state index in [9.17, 15) is 27.6 Å². The minimum Gasteiger partial charge on any atom is -0.466 e. The summed E-state index contributed by atoms with van der Waals surface area (Å²) in [4.78, 5) is 40.6. The molecule has 0 radical (unpaired) electrons. The quantitative estimate of drug-likeness (QED) is 0.600. The third-order valence-electron chi connectivity index (χ3n) is 5.59. The summed E-state index contributed by atoms with van der Waals surface area (Å²) in [7, 11) is 1.13. The van der Waals surface area contributed by atoms with Gasteiger partial charge in [-0.25, -0.2) is 4.79 Å². The van der Waals surface area contributed by atoms with Crippen LogP contribution < -0.4 is 10.2 Å². The van der Waals surface area contributed by atoms with Gasteiger partial charge in [0.2, 0.25) is 5.91 Å². The Morgan fingerprint density at radius 1 is 1.18 bits per heavy atom. The lowest BCUT2D eigenvalue weighted by molar-refractivity contribution is -0.137. The maximum absolute atomic E-state index is 13.9. The van der Waals surface area contributed by atoms with Crippen LogP contribution in [0.2, 0.25) is 0 Å². The van der Waals surface area contributed by atoms with Crippen LogP contribution in [0.25, 0.3) is 0 Å². The van der Waals surface area contributed by atoms with E-state index < -0.39 is 23.6 Å². The molecule has 0 bridgehead atoms. The summed E-state index contributed by atoms with van der Waals surface area (Å²) >= 11 is 0. The van der Waals surface area contributed by atoms with Gasteiger partial charge in [0.05, 0.1) is 31.4 Å². The molecule has 0 unspecified atom stereocenters. The average Bonchev–Trinajstić information content (AvgIpc) is 3.08. The van der Waals surface area contributed by atoms with Crippen LogP contribution in [-0.4, -0.2) is 85.7 Å². The molecule has 3 rings (SSSR count). The Hall–Kier alpha value is -3.28. The molecule has 12 heteroatoms. The Labute approximate surface area is 188 Å². The first-order valence-electron chi connectivity index (χ1n) is 10.3. The van der Waals surface area contributed by atoms with Gasteiger partial charge in [0.1, 0.15) is 5.70 Å². The maximum Gasteiger partial charge on any atom is 0.418 e. The smallest absolute Gasteiger partial charge is 0.418 e. The monoisotopic (exact) mass is 470 g/mol. The van der Waals surface area contributed by atoms with Crippen molar-refractivity contribution < 1.29 is 37.4 Å². The van der Waals surface area contributed by atoms with Gasteiger partial charge >= 0.3 is 12.1 Å². The summed E-state index contributed by atoms with van der Waals surface area (Å²) < 4.78 is 46.4. The Balaban J connectivity index is 1.91. The molecule has 2 amide bonds. The number of aliphatic hydroxyl groups excluding tert-OH is 1. The zero-order valence-corrected chi connectivity index (χ0v) is 18.2. The fourth-order valence-corrected chi connectivity index (χ4v) is 3.87. The zero-order valence-electron chi connectivity index (χ0n) is 18.2. The number of amides is 2. The number of benzene rings is 1. The van der Waals surface area contributed by atoms with Gasteiger partial charge in [-0.2, -0.15) is 13.2 Å². The van der Waals surface area contributed by atoms with Gasteiger partial charge in [-0.1, -0.05) is 0 Å². The van der Waals surface area contributed by atoms with Gasteiger partial charge in [0.25, 0.3) is 5.91 Å². The number of alkyl halides is 3. The molecule has 33 heavy (non-hydrogen) atoms. The number of carbonyl (C=O) groups is 3. The van der Waals surface area contributed by atoms with Crippen molar-refractivity contribution in [2.24, 2.45) is 0 Å². The zero-order chi connectivity index (χ0) is 24.3. The van der Waals surface area contributed by atoms with Crippen molar-refractivity contribution >= 4 is 29.2 Å². The molecular weight excluding hydrogens is 445 g/mol. The first kappa shape index (κ1) is 24.4. The Morgan fingerprint density at radius 2 is 1.85 bits per heavy atom. The van der Waals surface area contributed by atoms with Gasteiger partial charge < -0.3 is 29.9 Å². The van der Waals surface area contributed by atoms with E-state index in [1.165, 1.54) is 24.0 Å². The van der Waals surface area contributed by atoms with Crippen LogP contribution in [0.15, 0.2) is 29.5 Å². The second-order valence-electron chi connectivity index (χ2n) is 7.64. The standard InChI is InChI=1S/C21H25F3N4O5/c1-13(30)26-5-7-27(8-6-26)17-4-3-14(11-16(17)21(22,23)24)25-18-15(20(32)33-2)12-28(9-10-29)19(18)31/h3-4,11,25,29H,5-10,12H2,1-2H3. The Kier molecular flexibility index (Phi) is 7.15. The van der Waals surface area contributed by atoms with Gasteiger partial charge in [-0.15, -0.1) is 0 Å². The molecule has 180 valence electrons. The lowest BCUT2D eigenvalue weighted by Gasteiger charge is -2.36. The number of carbonyl (C=O) groups excluding carboxylic acids is 3. The van der Waals surface area contributed by atoms with Crippen molar-refractivity contribution in [2.75, 3.05) is 63.2 Å². The number of rotatable bonds is 6. The number of esters is 1. The van der Waals surface area contributed by atoms with Crippen molar-refractivity contribution in [1.82, 2.24) is 9.80 Å². The van der Waals surface area contributed by atoms with Crippen molar-refractivity contribution in [3.05, 3.63) is 35.0 Å². The lowest BCUT2D eigenvalue weighted by atomic mass is 10.1. The maximum atomic E-state index is 13.9. The summed E-state index contributed by atoms with van der Waals surface area (Å²) in [5.41, 5.74) is -1.18. The third kappa shape index (κ3) is 5.21. The van der Waals surface area contributed by atoms with Gasteiger partial charge in [-0.05, 0) is 18.2 Å². The van der Waals surface area contributed by atoms with Crippen LogP contribution in [0.3, 0.4) is 0 Å². The second kappa shape index (κ2) is 9.69. The summed E-state index contributed by atoms with van der Waals surface area (Å²) in [5.74, 6) is -1.54. The lowest BCUT2D eigenvalue weighted by Crippen LogP contribution is -2.48. The molecule has 0 aliphatic carbocycles. The average molecular weight is 470 g/mol. The molecule has 9 nitrogen and oxygen atoms in total. The molecule has 0 saturated carbocycles. The van der Waals surface area contributed by atoms with E-state index >= 15 is 0 Å². The predicted molar refractivity (Wildman–Crippen MR) is 112 cm³/mol. The third-order valence-corrected chi connectivity index (χ3v) is 5.59. The van der Waals surface area contributed by atoms with Crippen molar-refractivity contribution in [3.8, 4) is 0 Å². The molecule has 1 saturated heterocycles. The molecule has 1 aromatic rings. The van der Waals surface area contributed by atoms with Gasteiger partial charge in [0.15, 0.2) is 0 Å². The number of β-amino-alcohol motifs (C(OH)–C–C–N with tert-alkyl or cyclic N) is 1. The molecule has 1 aromatic carbocycles. The summed E-state index contributed by atoms with van der Waals surface area (Å²) in [5, 5.41) is 11.8. The van der Waals surface area contributed by atoms with E-state index in [2.05, 4.69) is 10.1 Å². The highest BCUT2D eigenvalue weighted by atomic mass is 19.4. The Morgan fingerprint density at radius 3 is 2.39 bits per heavy atom. The van der Waals surface area contributed by atoms with E-state index in [0.717, 1.165) is 13.2 Å². The SMILES string of the molecule is COC(=O)C1=C(Nc2ccc(N3CCN(C(C)=O)CC3)c(C(F)(F)F)c2)C(=O)N(CCO)C1. The highest BCUT2D eigenvalue weighted by Gasteiger charge is 2.38. The van der Waals surface area contributed by atoms with Crippen LogP contribution in [0.1, 0.15) is 12.5 Å². The minimum absolute atomic E-state index is 0.0240. The molecule has 2 aliphatic heterocycles. The fraction of sp³-hybridized carbons (Fsp3) is 0.476. The number of nitrogens with zero attached hydrogens (tertiary/aromatic N) is 3. The molecule has 2 N–H and O–H groups in total. The Bertz CT molecular complexity index is 971. The van der Waals surface area contributed by atoms with Gasteiger partial charge in [-0.3, -0.25) is 9.59 Å². The summed E-state index contributed by atoms with van der Waals surface area (Å²) in [6.07, 6.45) is -4.67. The highest BCUT2D eigenvalue weighted by Crippen LogP contribution is 2.39. The number of nitrogens with one attached hydrogen (secondary N) is 1. The largest absolute Gasteiger partial charge is 0.466 e. The molecule has 2 heterocycles. The van der Waals surface area contributed by atoms with Crippen molar-refractivity contribution in [2.45, 2.75) is 13.1 Å². The molecule has 2 aliphatic rings. The number of halogens is 3. The topological polar surface area (TPSA) is 102 Å². The summed E-state index contributed by atoms with van der Waals surface area (Å²) in [6.45, 7) is 2.05. The first-order chi connectivity index (χ1) is 15.6. The molecule has 0 atom stereocenters. The van der Waals surface area contributed by atoms with E-state index in [1.807, 2.05) is 0 Å². The number of anilines is 2. The molecule has 0 spiro atoms. The molecule has 0 aromatic heterocycles. The van der Waals surface area contributed by atoms with E-state index in [4.69, 9.17) is 5.11 Å². The minimum atomic E-state index is -4.67. The summed E-state index contributed by atoms with van der Waals surface area (Å²) in [6, 6.07) is 3.58. The number of ether oxygens (including phenoxy) is 1. The van der Waals surface area contributed by atoms with Crippen LogP contribution >= 0.6 is 0 Å². The molecular formula is C21H25F3N4O5. The van der Waals surface area contributed by atoms with Gasteiger partial charge in [0, 0.05) is 51.0 Å². The number of hydrogen-bond donors (Lipinski definition) is 2. The molecule has 1 fully saturated rings. The normalized spacial score (nSPS) is 17.0. The highest BCUT2D eigenvalue weighted by molar-refractivity contribution is 6.08. The van der Waals surface area contributed by atoms with Crippen LogP contribution in [0.5, 0.6) is 0 Å². The number of hydrogen-bond acceptors (Lipinski definition) is 7. The van der Waals surface area contributed by atoms with Crippen molar-refractivity contribution in [3.63, 3.8) is 0 Å². The number of piperazine rings is 1. The fourth-order valence-electron chi connectivity index (χ4n) is 3.87.